The SMILES string of the molecule is CC(=O)NCCc1ccc(C(=O)COC(=O)Cc2coc3cc4c(cc23)CCC4)s1. The zero-order valence-electron chi connectivity index (χ0n) is 16.8. The molecule has 7 heteroatoms. The van der Waals surface area contributed by atoms with Gasteiger partial charge in [-0.05, 0) is 61.1 Å². The summed E-state index contributed by atoms with van der Waals surface area (Å²) >= 11 is 1.36. The Labute approximate surface area is 178 Å². The molecule has 0 fully saturated rings. The van der Waals surface area contributed by atoms with Crippen LogP contribution < -0.4 is 5.32 Å². The average Bonchev–Trinajstić information content (AvgIpc) is 3.44. The van der Waals surface area contributed by atoms with Gasteiger partial charge in [-0.25, -0.2) is 0 Å². The van der Waals surface area contributed by atoms with Crippen molar-refractivity contribution in [2.75, 3.05) is 13.2 Å². The van der Waals surface area contributed by atoms with Crippen LogP contribution in [0.2, 0.25) is 0 Å². The van der Waals surface area contributed by atoms with E-state index in [0.717, 1.165) is 40.7 Å². The van der Waals surface area contributed by atoms with E-state index in [9.17, 15) is 14.4 Å². The maximum atomic E-state index is 12.3. The highest BCUT2D eigenvalue weighted by Crippen LogP contribution is 2.30. The molecule has 6 nitrogen and oxygen atoms in total. The number of fused-ring (bicyclic) bond motifs is 2. The number of benzene rings is 1. The molecule has 4 rings (SSSR count). The summed E-state index contributed by atoms with van der Waals surface area (Å²) in [6, 6.07) is 7.77. The molecule has 0 spiro atoms. The summed E-state index contributed by atoms with van der Waals surface area (Å²) in [5, 5.41) is 3.67. The molecule has 0 saturated carbocycles. The monoisotopic (exact) mass is 425 g/mol. The molecule has 0 saturated heterocycles. The van der Waals surface area contributed by atoms with E-state index in [0.29, 0.717) is 17.8 Å². The largest absolute Gasteiger partial charge is 0.464 e. The zero-order valence-corrected chi connectivity index (χ0v) is 17.6. The summed E-state index contributed by atoms with van der Waals surface area (Å²) in [6.07, 6.45) is 5.62. The summed E-state index contributed by atoms with van der Waals surface area (Å²) in [7, 11) is 0. The minimum absolute atomic E-state index is 0.0749. The normalized spacial score (nSPS) is 12.7. The van der Waals surface area contributed by atoms with E-state index in [1.54, 1.807) is 12.3 Å². The van der Waals surface area contributed by atoms with Crippen LogP contribution in [0.4, 0.5) is 0 Å². The zero-order chi connectivity index (χ0) is 21.1. The van der Waals surface area contributed by atoms with Crippen molar-refractivity contribution in [3.63, 3.8) is 0 Å². The fourth-order valence-electron chi connectivity index (χ4n) is 3.73. The molecule has 0 radical (unpaired) electrons. The fraction of sp³-hybridized carbons (Fsp3) is 0.348. The molecule has 0 unspecified atom stereocenters. The van der Waals surface area contributed by atoms with Crippen LogP contribution in [0, 0.1) is 0 Å². The first-order valence-corrected chi connectivity index (χ1v) is 10.8. The fourth-order valence-corrected chi connectivity index (χ4v) is 4.66. The van der Waals surface area contributed by atoms with Gasteiger partial charge in [0.1, 0.15) is 5.58 Å². The summed E-state index contributed by atoms with van der Waals surface area (Å²) in [5.74, 6) is -0.757. The maximum Gasteiger partial charge on any atom is 0.310 e. The van der Waals surface area contributed by atoms with Gasteiger partial charge >= 0.3 is 5.97 Å². The number of nitrogens with one attached hydrogen (secondary N) is 1. The van der Waals surface area contributed by atoms with Gasteiger partial charge in [0, 0.05) is 29.3 Å². The molecule has 156 valence electrons. The molecule has 30 heavy (non-hydrogen) atoms. The Morgan fingerprint density at radius 3 is 2.77 bits per heavy atom. The van der Waals surface area contributed by atoms with E-state index >= 15 is 0 Å². The van der Waals surface area contributed by atoms with Crippen molar-refractivity contribution in [3.8, 4) is 0 Å². The first-order chi connectivity index (χ1) is 14.5. The number of esters is 1. The lowest BCUT2D eigenvalue weighted by Gasteiger charge is -2.03. The van der Waals surface area contributed by atoms with Crippen LogP contribution in [0.25, 0.3) is 11.0 Å². The molecule has 1 aliphatic carbocycles. The molecule has 1 aliphatic rings. The lowest BCUT2D eigenvalue weighted by Crippen LogP contribution is -2.22. The van der Waals surface area contributed by atoms with E-state index in [1.807, 2.05) is 6.07 Å². The second kappa shape index (κ2) is 8.83. The van der Waals surface area contributed by atoms with Crippen molar-refractivity contribution >= 4 is 40.0 Å². The third kappa shape index (κ3) is 4.62. The predicted molar refractivity (Wildman–Crippen MR) is 114 cm³/mol. The smallest absolute Gasteiger partial charge is 0.310 e. The number of Topliss-reactive ketones (excluding diaryl/α,β-unsaturated/α-hetero) is 1. The third-order valence-electron chi connectivity index (χ3n) is 5.25. The Kier molecular flexibility index (Phi) is 5.99. The second-order valence-electron chi connectivity index (χ2n) is 7.49. The van der Waals surface area contributed by atoms with E-state index < -0.39 is 5.97 Å². The van der Waals surface area contributed by atoms with Gasteiger partial charge in [0.15, 0.2) is 6.61 Å². The quantitative estimate of drug-likeness (QED) is 0.440. The molecule has 0 bridgehead atoms. The number of ketones is 1. The van der Waals surface area contributed by atoms with Gasteiger partial charge in [-0.2, -0.15) is 0 Å². The van der Waals surface area contributed by atoms with Gasteiger partial charge in [0.2, 0.25) is 11.7 Å². The van der Waals surface area contributed by atoms with E-state index in [4.69, 9.17) is 9.15 Å². The minimum atomic E-state index is -0.450. The number of rotatable bonds is 8. The summed E-state index contributed by atoms with van der Waals surface area (Å²) in [6.45, 7) is 1.71. The average molecular weight is 426 g/mol. The number of ether oxygens (including phenoxy) is 1. The molecule has 0 atom stereocenters. The van der Waals surface area contributed by atoms with Crippen LogP contribution in [0.1, 0.15) is 44.6 Å². The molecule has 2 heterocycles. The first kappa shape index (κ1) is 20.3. The molecule has 1 aromatic carbocycles. The summed E-state index contributed by atoms with van der Waals surface area (Å²) < 4.78 is 10.8. The van der Waals surface area contributed by atoms with Crippen molar-refractivity contribution in [1.29, 1.82) is 0 Å². The Morgan fingerprint density at radius 1 is 1.17 bits per heavy atom. The Hall–Kier alpha value is -2.93. The van der Waals surface area contributed by atoms with Gasteiger partial charge in [-0.15, -0.1) is 11.3 Å². The Bertz CT molecular complexity index is 1110. The van der Waals surface area contributed by atoms with E-state index in [-0.39, 0.29) is 24.7 Å². The number of carbonyl (C=O) groups is 3. The number of hydrogen-bond acceptors (Lipinski definition) is 6. The summed E-state index contributed by atoms with van der Waals surface area (Å²) in [4.78, 5) is 37.1. The highest BCUT2D eigenvalue weighted by molar-refractivity contribution is 7.14. The predicted octanol–water partition coefficient (Wildman–Crippen LogP) is 3.63. The van der Waals surface area contributed by atoms with Gasteiger partial charge < -0.3 is 14.5 Å². The molecule has 1 amide bonds. The van der Waals surface area contributed by atoms with E-state index in [2.05, 4.69) is 17.4 Å². The number of thiophene rings is 1. The molecule has 0 aliphatic heterocycles. The third-order valence-corrected chi connectivity index (χ3v) is 6.44. The van der Waals surface area contributed by atoms with Gasteiger partial charge in [-0.3, -0.25) is 14.4 Å². The lowest BCUT2D eigenvalue weighted by molar-refractivity contribution is -0.141. The van der Waals surface area contributed by atoms with Crippen LogP contribution in [0.15, 0.2) is 34.9 Å². The number of aryl methyl sites for hydroxylation is 2. The number of amides is 1. The standard InChI is InChI=1S/C23H23NO5S/c1-14(25)24-8-7-18-5-6-22(30-18)20(26)13-29-23(27)11-17-12-28-21-10-16-4-2-3-15(16)9-19(17)21/h5-6,9-10,12H,2-4,7-8,11,13H2,1H3,(H,24,25). The highest BCUT2D eigenvalue weighted by Gasteiger charge is 2.18. The molecule has 2 aromatic heterocycles. The number of furan rings is 1. The van der Waals surface area contributed by atoms with Gasteiger partial charge in [0.05, 0.1) is 17.6 Å². The summed E-state index contributed by atoms with van der Waals surface area (Å²) in [5.41, 5.74) is 4.22. The van der Waals surface area contributed by atoms with Crippen molar-refractivity contribution in [1.82, 2.24) is 5.32 Å². The molecular formula is C23H23NO5S. The lowest BCUT2D eigenvalue weighted by atomic mass is 10.0. The molecule has 1 N–H and O–H groups in total. The maximum absolute atomic E-state index is 12.3. The van der Waals surface area contributed by atoms with Crippen LogP contribution >= 0.6 is 11.3 Å². The topological polar surface area (TPSA) is 85.6 Å². The van der Waals surface area contributed by atoms with Crippen molar-refractivity contribution in [2.24, 2.45) is 0 Å². The Morgan fingerprint density at radius 2 is 1.97 bits per heavy atom. The van der Waals surface area contributed by atoms with E-state index in [1.165, 1.54) is 29.4 Å². The number of hydrogen-bond donors (Lipinski definition) is 1. The van der Waals surface area contributed by atoms with Crippen LogP contribution in [0.3, 0.4) is 0 Å². The highest BCUT2D eigenvalue weighted by atomic mass is 32.1. The van der Waals surface area contributed by atoms with Crippen LogP contribution in [-0.4, -0.2) is 30.8 Å². The van der Waals surface area contributed by atoms with Crippen molar-refractivity contribution < 1.29 is 23.5 Å². The van der Waals surface area contributed by atoms with Gasteiger partial charge in [0.25, 0.3) is 0 Å². The first-order valence-electron chi connectivity index (χ1n) is 10.0. The minimum Gasteiger partial charge on any atom is -0.464 e. The van der Waals surface area contributed by atoms with Crippen LogP contribution in [-0.2, 0) is 40.0 Å². The second-order valence-corrected chi connectivity index (χ2v) is 8.66. The molecule has 3 aromatic rings. The van der Waals surface area contributed by atoms with Crippen molar-refractivity contribution in [3.05, 3.63) is 57.0 Å². The van der Waals surface area contributed by atoms with Gasteiger partial charge in [-0.1, -0.05) is 0 Å². The Balaban J connectivity index is 1.31. The van der Waals surface area contributed by atoms with Crippen molar-refractivity contribution in [2.45, 2.75) is 39.0 Å². The number of carbonyl (C=O) groups excluding carboxylic acids is 3. The molecular weight excluding hydrogens is 402 g/mol. The van der Waals surface area contributed by atoms with Crippen LogP contribution in [0.5, 0.6) is 0 Å².